The van der Waals surface area contributed by atoms with Crippen molar-refractivity contribution in [1.82, 2.24) is 4.90 Å². The van der Waals surface area contributed by atoms with E-state index in [2.05, 4.69) is 16.3 Å². The van der Waals surface area contributed by atoms with Crippen molar-refractivity contribution in [3.8, 4) is 6.07 Å². The molecule has 1 amide bonds. The Labute approximate surface area is 107 Å². The minimum Gasteiger partial charge on any atom is -0.326 e. The van der Waals surface area contributed by atoms with Gasteiger partial charge in [0.05, 0.1) is 6.07 Å². The SMILES string of the molecule is CC(=O)Nc1ccc(C(C#N)N2CCCC2)cc1. The summed E-state index contributed by atoms with van der Waals surface area (Å²) in [4.78, 5) is 13.1. The first-order valence-corrected chi connectivity index (χ1v) is 6.22. The summed E-state index contributed by atoms with van der Waals surface area (Å²) in [5, 5.41) is 12.0. The molecular formula is C14H17N3O. The van der Waals surface area contributed by atoms with Gasteiger partial charge in [-0.25, -0.2) is 0 Å². The zero-order chi connectivity index (χ0) is 13.0. The molecule has 1 aliphatic heterocycles. The number of nitrogens with zero attached hydrogens (tertiary/aromatic N) is 2. The lowest BCUT2D eigenvalue weighted by atomic mass is 10.1. The number of amides is 1. The van der Waals surface area contributed by atoms with Gasteiger partial charge in [0.2, 0.25) is 5.91 Å². The molecule has 0 radical (unpaired) electrons. The van der Waals surface area contributed by atoms with Gasteiger partial charge >= 0.3 is 0 Å². The lowest BCUT2D eigenvalue weighted by Gasteiger charge is -2.21. The van der Waals surface area contributed by atoms with Gasteiger partial charge in [-0.2, -0.15) is 5.26 Å². The molecule has 1 atom stereocenters. The molecule has 4 nitrogen and oxygen atoms in total. The molecule has 1 unspecified atom stereocenters. The first-order valence-electron chi connectivity index (χ1n) is 6.22. The molecule has 1 fully saturated rings. The van der Waals surface area contributed by atoms with Crippen LogP contribution < -0.4 is 5.32 Å². The molecule has 0 aliphatic carbocycles. The molecule has 1 aromatic rings. The number of likely N-dealkylation sites (tertiary alicyclic amines) is 1. The minimum atomic E-state index is -0.168. The fraction of sp³-hybridized carbons (Fsp3) is 0.429. The van der Waals surface area contributed by atoms with E-state index in [0.29, 0.717) is 0 Å². The van der Waals surface area contributed by atoms with Crippen LogP contribution in [-0.4, -0.2) is 23.9 Å². The van der Waals surface area contributed by atoms with Crippen LogP contribution in [0.4, 0.5) is 5.69 Å². The summed E-state index contributed by atoms with van der Waals surface area (Å²) in [6.45, 7) is 3.47. The number of anilines is 1. The second-order valence-corrected chi connectivity index (χ2v) is 4.58. The van der Waals surface area contributed by atoms with Gasteiger partial charge in [-0.15, -0.1) is 0 Å². The van der Waals surface area contributed by atoms with Gasteiger partial charge in [0.1, 0.15) is 6.04 Å². The molecule has 0 spiro atoms. The average Bonchev–Trinajstić information content (AvgIpc) is 2.85. The molecule has 0 saturated carbocycles. The van der Waals surface area contributed by atoms with Crippen LogP contribution in [0.15, 0.2) is 24.3 Å². The Morgan fingerprint density at radius 2 is 1.94 bits per heavy atom. The van der Waals surface area contributed by atoms with Crippen molar-refractivity contribution >= 4 is 11.6 Å². The molecule has 1 aliphatic rings. The summed E-state index contributed by atoms with van der Waals surface area (Å²) in [5.74, 6) is -0.0841. The van der Waals surface area contributed by atoms with Crippen molar-refractivity contribution in [3.63, 3.8) is 0 Å². The maximum absolute atomic E-state index is 10.9. The maximum atomic E-state index is 10.9. The first-order chi connectivity index (χ1) is 8.70. The van der Waals surface area contributed by atoms with Crippen molar-refractivity contribution in [2.75, 3.05) is 18.4 Å². The maximum Gasteiger partial charge on any atom is 0.221 e. The van der Waals surface area contributed by atoms with Gasteiger partial charge in [0.15, 0.2) is 0 Å². The fourth-order valence-corrected chi connectivity index (χ4v) is 2.32. The largest absolute Gasteiger partial charge is 0.326 e. The van der Waals surface area contributed by atoms with E-state index in [9.17, 15) is 10.1 Å². The van der Waals surface area contributed by atoms with Crippen LogP contribution in [0, 0.1) is 11.3 Å². The van der Waals surface area contributed by atoms with Crippen molar-refractivity contribution in [1.29, 1.82) is 5.26 Å². The number of nitrogens with one attached hydrogen (secondary N) is 1. The van der Waals surface area contributed by atoms with Gasteiger partial charge < -0.3 is 5.32 Å². The van der Waals surface area contributed by atoms with Crippen LogP contribution in [0.5, 0.6) is 0 Å². The number of nitriles is 1. The van der Waals surface area contributed by atoms with E-state index in [0.717, 1.165) is 24.3 Å². The minimum absolute atomic E-state index is 0.0841. The zero-order valence-corrected chi connectivity index (χ0v) is 10.5. The Bertz CT molecular complexity index is 455. The topological polar surface area (TPSA) is 56.1 Å². The van der Waals surface area contributed by atoms with E-state index in [4.69, 9.17) is 0 Å². The predicted molar refractivity (Wildman–Crippen MR) is 69.9 cm³/mol. The van der Waals surface area contributed by atoms with Crippen molar-refractivity contribution in [2.45, 2.75) is 25.8 Å². The van der Waals surface area contributed by atoms with E-state index in [1.807, 2.05) is 24.3 Å². The Kier molecular flexibility index (Phi) is 3.96. The summed E-state index contributed by atoms with van der Waals surface area (Å²) >= 11 is 0. The Hall–Kier alpha value is -1.86. The second kappa shape index (κ2) is 5.65. The monoisotopic (exact) mass is 243 g/mol. The van der Waals surface area contributed by atoms with E-state index in [1.165, 1.54) is 19.8 Å². The smallest absolute Gasteiger partial charge is 0.221 e. The van der Waals surface area contributed by atoms with Crippen LogP contribution >= 0.6 is 0 Å². The molecule has 4 heteroatoms. The van der Waals surface area contributed by atoms with Crippen LogP contribution in [0.25, 0.3) is 0 Å². The third-order valence-electron chi connectivity index (χ3n) is 3.17. The standard InChI is InChI=1S/C14H17N3O/c1-11(18)16-13-6-4-12(5-7-13)14(10-15)17-8-2-3-9-17/h4-7,14H,2-3,8-9H2,1H3,(H,16,18). The van der Waals surface area contributed by atoms with Crippen molar-refractivity contribution < 1.29 is 4.79 Å². The molecule has 1 N–H and O–H groups in total. The number of benzene rings is 1. The number of hydrogen-bond acceptors (Lipinski definition) is 3. The predicted octanol–water partition coefficient (Wildman–Crippen LogP) is 2.31. The second-order valence-electron chi connectivity index (χ2n) is 4.58. The molecule has 18 heavy (non-hydrogen) atoms. The normalized spacial score (nSPS) is 17.1. The quantitative estimate of drug-likeness (QED) is 0.886. The molecule has 1 saturated heterocycles. The fourth-order valence-electron chi connectivity index (χ4n) is 2.32. The Balaban J connectivity index is 2.12. The van der Waals surface area contributed by atoms with Gasteiger partial charge in [-0.05, 0) is 43.6 Å². The summed E-state index contributed by atoms with van der Waals surface area (Å²) in [6, 6.07) is 9.71. The Morgan fingerprint density at radius 3 is 2.44 bits per heavy atom. The number of carbonyl (C=O) groups excluding carboxylic acids is 1. The van der Waals surface area contributed by atoms with E-state index < -0.39 is 0 Å². The average molecular weight is 243 g/mol. The van der Waals surface area contributed by atoms with Gasteiger partial charge in [-0.1, -0.05) is 12.1 Å². The highest BCUT2D eigenvalue weighted by Crippen LogP contribution is 2.25. The van der Waals surface area contributed by atoms with Crippen molar-refractivity contribution in [2.24, 2.45) is 0 Å². The molecule has 1 aromatic carbocycles. The number of hydrogen-bond donors (Lipinski definition) is 1. The first kappa shape index (κ1) is 12.6. The summed E-state index contributed by atoms with van der Waals surface area (Å²) in [5.41, 5.74) is 1.76. The van der Waals surface area contributed by atoms with Gasteiger partial charge in [-0.3, -0.25) is 9.69 Å². The van der Waals surface area contributed by atoms with Crippen LogP contribution in [0.1, 0.15) is 31.4 Å². The van der Waals surface area contributed by atoms with Gasteiger partial charge in [0, 0.05) is 12.6 Å². The molecule has 0 bridgehead atoms. The number of carbonyl (C=O) groups is 1. The summed E-state index contributed by atoms with van der Waals surface area (Å²) in [7, 11) is 0. The molecule has 94 valence electrons. The molecule has 2 rings (SSSR count). The van der Waals surface area contributed by atoms with Crippen LogP contribution in [-0.2, 0) is 4.79 Å². The van der Waals surface area contributed by atoms with E-state index >= 15 is 0 Å². The van der Waals surface area contributed by atoms with Crippen LogP contribution in [0.2, 0.25) is 0 Å². The lowest BCUT2D eigenvalue weighted by Crippen LogP contribution is -2.24. The summed E-state index contributed by atoms with van der Waals surface area (Å²) < 4.78 is 0. The van der Waals surface area contributed by atoms with Crippen LogP contribution in [0.3, 0.4) is 0 Å². The zero-order valence-electron chi connectivity index (χ0n) is 10.5. The number of rotatable bonds is 3. The lowest BCUT2D eigenvalue weighted by molar-refractivity contribution is -0.114. The van der Waals surface area contributed by atoms with Gasteiger partial charge in [0.25, 0.3) is 0 Å². The Morgan fingerprint density at radius 1 is 1.33 bits per heavy atom. The summed E-state index contributed by atoms with van der Waals surface area (Å²) in [6.07, 6.45) is 2.34. The molecular weight excluding hydrogens is 226 g/mol. The highest BCUT2D eigenvalue weighted by Gasteiger charge is 2.22. The highest BCUT2D eigenvalue weighted by molar-refractivity contribution is 5.88. The molecule has 1 heterocycles. The highest BCUT2D eigenvalue weighted by atomic mass is 16.1. The third-order valence-corrected chi connectivity index (χ3v) is 3.17. The molecule has 0 aromatic heterocycles. The van der Waals surface area contributed by atoms with E-state index in [-0.39, 0.29) is 11.9 Å². The van der Waals surface area contributed by atoms with E-state index in [1.54, 1.807) is 0 Å². The third kappa shape index (κ3) is 2.88. The van der Waals surface area contributed by atoms with Crippen molar-refractivity contribution in [3.05, 3.63) is 29.8 Å².